The molecular weight excluding hydrogens is 212 g/mol. The molecule has 17 heavy (non-hydrogen) atoms. The first kappa shape index (κ1) is 8.99. The molecule has 3 rings (SSSR count). The number of carbonyl (C=O) groups excluding carboxylic acids is 1. The van der Waals surface area contributed by atoms with Gasteiger partial charge in [0.1, 0.15) is 5.75 Å². The van der Waals surface area contributed by atoms with Gasteiger partial charge in [0.2, 0.25) is 0 Å². The van der Waals surface area contributed by atoms with Gasteiger partial charge in [-0.15, -0.1) is 0 Å². The van der Waals surface area contributed by atoms with Gasteiger partial charge in [0.25, 0.3) is 0 Å². The number of esters is 1. The van der Waals surface area contributed by atoms with Crippen LogP contribution >= 0.6 is 0 Å². The van der Waals surface area contributed by atoms with Crippen molar-refractivity contribution >= 4 is 5.97 Å². The van der Waals surface area contributed by atoms with Crippen LogP contribution in [0.15, 0.2) is 54.6 Å². The fourth-order valence-corrected chi connectivity index (χ4v) is 2.04. The molecule has 0 spiro atoms. The van der Waals surface area contributed by atoms with E-state index in [0.29, 0.717) is 17.7 Å². The van der Waals surface area contributed by atoms with Crippen LogP contribution in [0.25, 0.3) is 0 Å². The Morgan fingerprint density at radius 2 is 1.76 bits per heavy atom. The van der Waals surface area contributed by atoms with Crippen molar-refractivity contribution in [1.29, 1.82) is 0 Å². The van der Waals surface area contributed by atoms with Crippen LogP contribution in [-0.4, -0.2) is 5.97 Å². The first-order chi connectivity index (χ1) is 8.70. The zero-order valence-electron chi connectivity index (χ0n) is 10.2. The van der Waals surface area contributed by atoms with Gasteiger partial charge in [0.15, 0.2) is 0 Å². The van der Waals surface area contributed by atoms with E-state index in [-0.39, 0.29) is 0 Å². The van der Waals surface area contributed by atoms with Crippen LogP contribution in [0.4, 0.5) is 0 Å². The van der Waals surface area contributed by atoms with E-state index in [1.165, 1.54) is 0 Å². The summed E-state index contributed by atoms with van der Waals surface area (Å²) in [5, 5.41) is 0. The highest BCUT2D eigenvalue weighted by Crippen LogP contribution is 2.36. The number of carbonyl (C=O) groups is 1. The molecule has 1 heterocycles. The molecule has 0 aliphatic carbocycles. The second-order valence-corrected chi connectivity index (χ2v) is 4.03. The van der Waals surface area contributed by atoms with Crippen molar-refractivity contribution in [2.45, 2.75) is 12.3 Å². The Labute approximate surface area is 101 Å². The summed E-state index contributed by atoms with van der Waals surface area (Å²) in [4.78, 5) is 11.9. The molecule has 0 saturated heterocycles. The van der Waals surface area contributed by atoms with Crippen molar-refractivity contribution in [2.75, 3.05) is 0 Å². The first-order valence-electron chi connectivity index (χ1n) is 6.06. The summed E-state index contributed by atoms with van der Waals surface area (Å²) in [5.41, 5.74) is 1.61. The number of benzene rings is 2. The first-order valence-corrected chi connectivity index (χ1v) is 5.56. The van der Waals surface area contributed by atoms with Gasteiger partial charge in [-0.25, -0.2) is 0 Å². The molecule has 0 N–H and O–H groups in total. The Morgan fingerprint density at radius 1 is 1.06 bits per heavy atom. The van der Waals surface area contributed by atoms with Crippen molar-refractivity contribution in [1.82, 2.24) is 0 Å². The summed E-state index contributed by atoms with van der Waals surface area (Å²) in [6.07, 6.45) is 0.337. The third-order valence-electron chi connectivity index (χ3n) is 2.88. The molecule has 1 aliphatic heterocycles. The molecule has 1 unspecified atom stereocenters. The van der Waals surface area contributed by atoms with Gasteiger partial charge in [0.05, 0.1) is 5.89 Å². The topological polar surface area (TPSA) is 26.3 Å². The monoisotopic (exact) mass is 225 g/mol. The van der Waals surface area contributed by atoms with Gasteiger partial charge in [-0.1, -0.05) is 48.5 Å². The van der Waals surface area contributed by atoms with Gasteiger partial charge in [-0.05, 0) is 18.1 Å². The minimum atomic E-state index is -1.32. The Balaban J connectivity index is 2.02. The van der Waals surface area contributed by atoms with Crippen LogP contribution in [0.2, 0.25) is 0 Å². The molecule has 1 aliphatic rings. The van der Waals surface area contributed by atoms with E-state index >= 15 is 0 Å². The maximum absolute atomic E-state index is 11.9. The van der Waals surface area contributed by atoms with E-state index in [1.807, 2.05) is 36.4 Å². The zero-order chi connectivity index (χ0) is 12.6. The van der Waals surface area contributed by atoms with Gasteiger partial charge < -0.3 is 4.74 Å². The molecule has 2 aromatic carbocycles. The summed E-state index contributed by atoms with van der Waals surface area (Å²) in [6.45, 7) is 0. The van der Waals surface area contributed by atoms with Gasteiger partial charge in [0, 0.05) is 6.93 Å². The number of para-hydroxylation sites is 1. The summed E-state index contributed by atoms with van der Waals surface area (Å²) < 4.78 is 13.6. The zero-order valence-corrected chi connectivity index (χ0v) is 9.22. The van der Waals surface area contributed by atoms with Crippen LogP contribution in [0, 0.1) is 0 Å². The predicted molar refractivity (Wildman–Crippen MR) is 65.0 cm³/mol. The Morgan fingerprint density at radius 3 is 2.59 bits per heavy atom. The average molecular weight is 225 g/mol. The fraction of sp³-hybridized carbons (Fsp3) is 0.133. The number of ether oxygens (including phenoxy) is 1. The molecule has 0 bridgehead atoms. The highest BCUT2D eigenvalue weighted by atomic mass is 16.5. The number of hydrogen-bond acceptors (Lipinski definition) is 2. The van der Waals surface area contributed by atoms with Crippen molar-refractivity contribution in [2.24, 2.45) is 0 Å². The molecule has 1 atom stereocenters. The van der Waals surface area contributed by atoms with E-state index in [9.17, 15) is 4.79 Å². The second kappa shape index (κ2) is 4.06. The molecule has 0 radical (unpaired) electrons. The summed E-state index contributed by atoms with van der Waals surface area (Å²) in [7, 11) is 0. The predicted octanol–water partition coefficient (Wildman–Crippen LogP) is 2.93. The Kier molecular flexibility index (Phi) is 2.15. The highest BCUT2D eigenvalue weighted by molar-refractivity contribution is 5.86. The molecule has 2 aromatic rings. The lowest BCUT2D eigenvalue weighted by Crippen LogP contribution is -2.12. The van der Waals surface area contributed by atoms with E-state index < -0.39 is 11.9 Å². The molecule has 0 saturated carbocycles. The van der Waals surface area contributed by atoms with Gasteiger partial charge in [-0.2, -0.15) is 0 Å². The van der Waals surface area contributed by atoms with Crippen LogP contribution in [-0.2, 0) is 11.2 Å². The Hall–Kier alpha value is -2.09. The molecule has 0 amide bonds. The normalized spacial score (nSPS) is 22.8. The van der Waals surface area contributed by atoms with Crippen LogP contribution in [0.3, 0.4) is 0 Å². The molecule has 0 fully saturated rings. The average Bonchev–Trinajstić information content (AvgIpc) is 2.63. The molecule has 2 heteroatoms. The van der Waals surface area contributed by atoms with Crippen molar-refractivity contribution in [3.8, 4) is 5.75 Å². The quantitative estimate of drug-likeness (QED) is 0.580. The van der Waals surface area contributed by atoms with E-state index in [0.717, 1.165) is 5.56 Å². The largest absolute Gasteiger partial charge is 0.426 e. The lowest BCUT2D eigenvalue weighted by molar-refractivity contribution is -0.134. The Bertz CT molecular complexity index is 594. The third kappa shape index (κ3) is 1.82. The minimum Gasteiger partial charge on any atom is -0.426 e. The van der Waals surface area contributed by atoms with Crippen molar-refractivity contribution < 1.29 is 10.9 Å². The van der Waals surface area contributed by atoms with Crippen LogP contribution in [0.1, 0.15) is 18.4 Å². The SMILES string of the molecule is [2H]C1(Cc2ccccc2)C(=O)Oc2ccccc21. The van der Waals surface area contributed by atoms with Gasteiger partial charge >= 0.3 is 5.97 Å². The number of rotatable bonds is 2. The molecular formula is C15H12O2. The summed E-state index contributed by atoms with van der Waals surface area (Å²) in [5.74, 6) is -1.31. The lowest BCUT2D eigenvalue weighted by Gasteiger charge is -2.06. The summed E-state index contributed by atoms with van der Waals surface area (Å²) >= 11 is 0. The van der Waals surface area contributed by atoms with Crippen molar-refractivity contribution in [3.05, 3.63) is 65.7 Å². The molecule has 0 aromatic heterocycles. The fourth-order valence-electron chi connectivity index (χ4n) is 2.04. The number of hydrogen-bond donors (Lipinski definition) is 0. The second-order valence-electron chi connectivity index (χ2n) is 4.03. The maximum atomic E-state index is 11.9. The standard InChI is InChI=1S/C15H12O2/c16-15-13(10-11-6-2-1-3-7-11)12-8-4-5-9-14(12)17-15/h1-9,13H,10H2/i13D. The summed E-state index contributed by atoms with van der Waals surface area (Å²) in [6, 6.07) is 16.7. The maximum Gasteiger partial charge on any atom is 0.319 e. The molecule has 2 nitrogen and oxygen atoms in total. The molecule has 84 valence electrons. The van der Waals surface area contributed by atoms with Crippen molar-refractivity contribution in [3.63, 3.8) is 0 Å². The smallest absolute Gasteiger partial charge is 0.319 e. The van der Waals surface area contributed by atoms with Crippen LogP contribution < -0.4 is 4.74 Å². The minimum absolute atomic E-state index is 0.337. The third-order valence-corrected chi connectivity index (χ3v) is 2.88. The number of fused-ring (bicyclic) bond motifs is 1. The van der Waals surface area contributed by atoms with Crippen LogP contribution in [0.5, 0.6) is 5.75 Å². The van der Waals surface area contributed by atoms with Gasteiger partial charge in [-0.3, -0.25) is 4.79 Å². The van der Waals surface area contributed by atoms with E-state index in [4.69, 9.17) is 6.11 Å². The highest BCUT2D eigenvalue weighted by Gasteiger charge is 2.32. The van der Waals surface area contributed by atoms with E-state index in [1.54, 1.807) is 18.2 Å². The van der Waals surface area contributed by atoms with E-state index in [2.05, 4.69) is 0 Å². The lowest BCUT2D eigenvalue weighted by atomic mass is 9.93.